The van der Waals surface area contributed by atoms with Gasteiger partial charge in [0.15, 0.2) is 0 Å². The van der Waals surface area contributed by atoms with Crippen LogP contribution in [0.4, 0.5) is 5.69 Å². The molecule has 1 aromatic heterocycles. The van der Waals surface area contributed by atoms with Gasteiger partial charge in [0.25, 0.3) is 5.69 Å². The van der Waals surface area contributed by atoms with Gasteiger partial charge >= 0.3 is 0 Å². The van der Waals surface area contributed by atoms with Crippen LogP contribution in [-0.4, -0.2) is 19.8 Å². The Morgan fingerprint density at radius 3 is 2.82 bits per heavy atom. The molecule has 0 aliphatic carbocycles. The number of hydrogen-bond acceptors (Lipinski definition) is 4. The maximum Gasteiger partial charge on any atom is 0.275 e. The molecule has 0 aliphatic heterocycles. The van der Waals surface area contributed by atoms with Crippen LogP contribution in [-0.2, 0) is 6.61 Å². The zero-order valence-corrected chi connectivity index (χ0v) is 9.20. The van der Waals surface area contributed by atoms with E-state index >= 15 is 0 Å². The second kappa shape index (κ2) is 4.34. The number of aliphatic hydroxyl groups is 1. The quantitative estimate of drug-likeness (QED) is 0.644. The smallest absolute Gasteiger partial charge is 0.275 e. The molecule has 0 bridgehead atoms. The molecule has 0 saturated carbocycles. The summed E-state index contributed by atoms with van der Waals surface area (Å²) in [5.74, 6) is 0. The molecule has 0 fully saturated rings. The number of benzene rings is 1. The molecule has 0 spiro atoms. The molecular weight excluding hydrogens is 222 g/mol. The summed E-state index contributed by atoms with van der Waals surface area (Å²) in [7, 11) is 0. The van der Waals surface area contributed by atoms with E-state index in [1.54, 1.807) is 23.0 Å². The molecule has 0 amide bonds. The predicted octanol–water partition coefficient (Wildman–Crippen LogP) is 1.58. The van der Waals surface area contributed by atoms with Gasteiger partial charge in [0.1, 0.15) is 0 Å². The van der Waals surface area contributed by atoms with E-state index in [2.05, 4.69) is 5.10 Å². The highest BCUT2D eigenvalue weighted by Crippen LogP contribution is 2.21. The molecule has 17 heavy (non-hydrogen) atoms. The van der Waals surface area contributed by atoms with E-state index in [-0.39, 0.29) is 17.9 Å². The molecule has 88 valence electrons. The first-order chi connectivity index (χ1) is 8.11. The van der Waals surface area contributed by atoms with Gasteiger partial charge in [0, 0.05) is 12.3 Å². The van der Waals surface area contributed by atoms with Gasteiger partial charge in [-0.15, -0.1) is 0 Å². The lowest BCUT2D eigenvalue weighted by molar-refractivity contribution is -0.385. The van der Waals surface area contributed by atoms with Gasteiger partial charge in [-0.05, 0) is 24.6 Å². The number of nitro groups is 1. The lowest BCUT2D eigenvalue weighted by Crippen LogP contribution is -2.00. The van der Waals surface area contributed by atoms with Crippen LogP contribution in [0.3, 0.4) is 0 Å². The summed E-state index contributed by atoms with van der Waals surface area (Å²) in [5, 5.41) is 23.9. The molecule has 0 saturated heterocycles. The van der Waals surface area contributed by atoms with Crippen LogP contribution >= 0.6 is 0 Å². The van der Waals surface area contributed by atoms with Crippen molar-refractivity contribution in [1.82, 2.24) is 9.78 Å². The van der Waals surface area contributed by atoms with Gasteiger partial charge in [-0.25, -0.2) is 4.68 Å². The number of nitro benzene ring substituents is 1. The van der Waals surface area contributed by atoms with Gasteiger partial charge in [-0.3, -0.25) is 10.1 Å². The van der Waals surface area contributed by atoms with Crippen LogP contribution in [0.1, 0.15) is 11.1 Å². The molecular formula is C11H11N3O3. The van der Waals surface area contributed by atoms with Crippen molar-refractivity contribution in [2.24, 2.45) is 0 Å². The molecule has 0 unspecified atom stereocenters. The Balaban J connectivity index is 2.48. The molecule has 6 nitrogen and oxygen atoms in total. The second-order valence-corrected chi connectivity index (χ2v) is 3.69. The van der Waals surface area contributed by atoms with E-state index in [0.717, 1.165) is 5.56 Å². The summed E-state index contributed by atoms with van der Waals surface area (Å²) in [6.45, 7) is 1.53. The molecule has 0 aliphatic rings. The highest BCUT2D eigenvalue weighted by Gasteiger charge is 2.13. The van der Waals surface area contributed by atoms with E-state index in [9.17, 15) is 10.1 Å². The molecule has 2 rings (SSSR count). The van der Waals surface area contributed by atoms with Crippen molar-refractivity contribution in [2.75, 3.05) is 0 Å². The van der Waals surface area contributed by atoms with Crippen molar-refractivity contribution in [3.05, 3.63) is 51.8 Å². The number of aryl methyl sites for hydroxylation is 1. The van der Waals surface area contributed by atoms with Crippen molar-refractivity contribution in [3.8, 4) is 5.69 Å². The highest BCUT2D eigenvalue weighted by molar-refractivity contribution is 5.47. The number of hydrogen-bond donors (Lipinski definition) is 1. The zero-order valence-electron chi connectivity index (χ0n) is 9.20. The van der Waals surface area contributed by atoms with E-state index in [1.165, 1.54) is 6.07 Å². The summed E-state index contributed by atoms with van der Waals surface area (Å²) in [6.07, 6.45) is 3.50. The molecule has 6 heteroatoms. The van der Waals surface area contributed by atoms with E-state index in [0.29, 0.717) is 5.69 Å². The average Bonchev–Trinajstić information content (AvgIpc) is 2.75. The highest BCUT2D eigenvalue weighted by atomic mass is 16.6. The van der Waals surface area contributed by atoms with Crippen LogP contribution in [0.25, 0.3) is 5.69 Å². The lowest BCUT2D eigenvalue weighted by atomic mass is 10.1. The van der Waals surface area contributed by atoms with Crippen molar-refractivity contribution < 1.29 is 10.0 Å². The minimum Gasteiger partial charge on any atom is -0.391 e. The van der Waals surface area contributed by atoms with Crippen molar-refractivity contribution in [2.45, 2.75) is 13.5 Å². The minimum atomic E-state index is -0.510. The standard InChI is InChI=1S/C11H11N3O3/c1-8-5-12-13(6-8)10-2-3-11(14(16)17)9(4-10)7-15/h2-6,15H,7H2,1H3. The summed E-state index contributed by atoms with van der Waals surface area (Å²) >= 11 is 0. The van der Waals surface area contributed by atoms with Crippen molar-refractivity contribution >= 4 is 5.69 Å². The summed E-state index contributed by atoms with van der Waals surface area (Å²) < 4.78 is 1.61. The fourth-order valence-electron chi connectivity index (χ4n) is 1.57. The SMILES string of the molecule is Cc1cnn(-c2ccc([N+](=O)[O-])c(CO)c2)c1. The fourth-order valence-corrected chi connectivity index (χ4v) is 1.57. The first-order valence-corrected chi connectivity index (χ1v) is 5.01. The summed E-state index contributed by atoms with van der Waals surface area (Å²) in [4.78, 5) is 10.2. The Morgan fingerprint density at radius 2 is 2.29 bits per heavy atom. The minimum absolute atomic E-state index is 0.0832. The Bertz CT molecular complexity index is 563. The van der Waals surface area contributed by atoms with Crippen LogP contribution < -0.4 is 0 Å². The maximum atomic E-state index is 10.7. The normalized spacial score (nSPS) is 10.5. The first kappa shape index (κ1) is 11.3. The van der Waals surface area contributed by atoms with Gasteiger partial charge < -0.3 is 5.11 Å². The molecule has 1 heterocycles. The third-order valence-electron chi connectivity index (χ3n) is 2.41. The Labute approximate surface area is 97.3 Å². The third-order valence-corrected chi connectivity index (χ3v) is 2.41. The van der Waals surface area contributed by atoms with Crippen LogP contribution in [0.5, 0.6) is 0 Å². The molecule has 2 aromatic rings. The van der Waals surface area contributed by atoms with Crippen LogP contribution in [0, 0.1) is 17.0 Å². The molecule has 1 aromatic carbocycles. The molecule has 0 radical (unpaired) electrons. The number of aliphatic hydroxyl groups excluding tert-OH is 1. The van der Waals surface area contributed by atoms with Gasteiger partial charge in [-0.2, -0.15) is 5.10 Å². The van der Waals surface area contributed by atoms with E-state index < -0.39 is 4.92 Å². The summed E-state index contributed by atoms with van der Waals surface area (Å²) in [5.41, 5.74) is 1.88. The van der Waals surface area contributed by atoms with Crippen LogP contribution in [0.15, 0.2) is 30.6 Å². The maximum absolute atomic E-state index is 10.7. The Hall–Kier alpha value is -2.21. The average molecular weight is 233 g/mol. The van der Waals surface area contributed by atoms with E-state index in [1.807, 2.05) is 13.1 Å². The predicted molar refractivity (Wildman–Crippen MR) is 60.9 cm³/mol. The third kappa shape index (κ3) is 2.16. The van der Waals surface area contributed by atoms with Crippen molar-refractivity contribution in [1.29, 1.82) is 0 Å². The topological polar surface area (TPSA) is 81.2 Å². The number of nitrogens with zero attached hydrogens (tertiary/aromatic N) is 3. The second-order valence-electron chi connectivity index (χ2n) is 3.69. The fraction of sp³-hybridized carbons (Fsp3) is 0.182. The Kier molecular flexibility index (Phi) is 2.88. The Morgan fingerprint density at radius 1 is 1.53 bits per heavy atom. The van der Waals surface area contributed by atoms with Crippen LogP contribution in [0.2, 0.25) is 0 Å². The van der Waals surface area contributed by atoms with Gasteiger partial charge in [-0.1, -0.05) is 0 Å². The van der Waals surface area contributed by atoms with Crippen molar-refractivity contribution in [3.63, 3.8) is 0 Å². The van der Waals surface area contributed by atoms with Gasteiger partial charge in [0.2, 0.25) is 0 Å². The largest absolute Gasteiger partial charge is 0.391 e. The summed E-state index contributed by atoms with van der Waals surface area (Å²) in [6, 6.07) is 4.53. The zero-order chi connectivity index (χ0) is 12.4. The first-order valence-electron chi connectivity index (χ1n) is 5.01. The monoisotopic (exact) mass is 233 g/mol. The molecule has 1 N–H and O–H groups in total. The number of aromatic nitrogens is 2. The lowest BCUT2D eigenvalue weighted by Gasteiger charge is -2.04. The van der Waals surface area contributed by atoms with Gasteiger partial charge in [0.05, 0.1) is 29.0 Å². The van der Waals surface area contributed by atoms with E-state index in [4.69, 9.17) is 5.11 Å². The molecule has 0 atom stereocenters. The number of rotatable bonds is 3.